The van der Waals surface area contributed by atoms with Crippen molar-refractivity contribution in [1.29, 1.82) is 0 Å². The van der Waals surface area contributed by atoms with Gasteiger partial charge in [-0.2, -0.15) is 9.18 Å². The van der Waals surface area contributed by atoms with E-state index in [9.17, 15) is 18.8 Å². The van der Waals surface area contributed by atoms with Crippen molar-refractivity contribution < 1.29 is 28.3 Å². The molecule has 0 aromatic heterocycles. The number of carbonyl (C=O) groups excluding carboxylic acids is 3. The lowest BCUT2D eigenvalue weighted by atomic mass is 9.93. The Hall–Kier alpha value is -2.60. The summed E-state index contributed by atoms with van der Waals surface area (Å²) in [4.78, 5) is 39.1. The molecular weight excluding hydrogens is 281 g/mol. The van der Waals surface area contributed by atoms with E-state index >= 15 is 0 Å². The number of allylic oxidation sites excluding steroid dienone is 4. The molecule has 2 amide bonds. The van der Waals surface area contributed by atoms with E-state index in [-0.39, 0.29) is 5.70 Å². The van der Waals surface area contributed by atoms with Crippen molar-refractivity contribution in [2.24, 2.45) is 5.92 Å². The van der Waals surface area contributed by atoms with E-state index in [1.807, 2.05) is 0 Å². The van der Waals surface area contributed by atoms with Crippen LogP contribution in [0.2, 0.25) is 0 Å². The maximum atomic E-state index is 13.5. The van der Waals surface area contributed by atoms with Crippen molar-refractivity contribution in [3.05, 3.63) is 29.2 Å². The number of hydrogen-bond acceptors (Lipinski definition) is 4. The van der Waals surface area contributed by atoms with Gasteiger partial charge >= 0.3 is 17.7 Å². The van der Waals surface area contributed by atoms with Gasteiger partial charge in [0, 0.05) is 0 Å². The molecule has 21 heavy (non-hydrogen) atoms. The largest absolute Gasteiger partial charge is 0.443 e. The first kappa shape index (κ1) is 14.8. The van der Waals surface area contributed by atoms with E-state index < -0.39 is 40.8 Å². The second-order valence-corrected chi connectivity index (χ2v) is 5.51. The second-order valence-electron chi connectivity index (χ2n) is 5.51. The highest BCUT2D eigenvalue weighted by Gasteiger charge is 2.55. The fourth-order valence-electron chi connectivity index (χ4n) is 2.03. The van der Waals surface area contributed by atoms with Gasteiger partial charge in [-0.15, -0.1) is 0 Å². The van der Waals surface area contributed by atoms with Crippen molar-refractivity contribution in [3.8, 4) is 0 Å². The number of ketones is 1. The van der Waals surface area contributed by atoms with Crippen LogP contribution in [-0.4, -0.2) is 38.8 Å². The molecule has 0 aromatic rings. The van der Waals surface area contributed by atoms with Crippen molar-refractivity contribution in [3.63, 3.8) is 0 Å². The number of nitrogens with zero attached hydrogens (tertiary/aromatic N) is 3. The Kier molecular flexibility index (Phi) is 3.35. The van der Waals surface area contributed by atoms with Crippen LogP contribution < -0.4 is 0 Å². The van der Waals surface area contributed by atoms with Gasteiger partial charge in [0.05, 0.1) is 5.70 Å². The summed E-state index contributed by atoms with van der Waals surface area (Å²) in [6.45, 7) is 4.79. The third kappa shape index (κ3) is 2.41. The summed E-state index contributed by atoms with van der Waals surface area (Å²) in [5, 5.41) is 0. The molecule has 1 heterocycles. The minimum Gasteiger partial charge on any atom is -0.443 e. The smallest absolute Gasteiger partial charge is 0.421 e. The fraction of sp³-hybridized carbons (Fsp3) is 0.385. The molecule has 1 aliphatic heterocycles. The minimum atomic E-state index is -1.43. The van der Waals surface area contributed by atoms with E-state index in [0.717, 1.165) is 12.2 Å². The summed E-state index contributed by atoms with van der Waals surface area (Å²) >= 11 is 0. The molecule has 0 radical (unpaired) electrons. The van der Waals surface area contributed by atoms with Crippen LogP contribution in [0.3, 0.4) is 0 Å². The van der Waals surface area contributed by atoms with Crippen LogP contribution in [0.25, 0.3) is 5.53 Å². The molecule has 0 saturated carbocycles. The predicted molar refractivity (Wildman–Crippen MR) is 67.5 cm³/mol. The van der Waals surface area contributed by atoms with E-state index in [2.05, 4.69) is 4.79 Å². The summed E-state index contributed by atoms with van der Waals surface area (Å²) in [5.74, 6) is -4.58. The Morgan fingerprint density at radius 1 is 1.38 bits per heavy atom. The van der Waals surface area contributed by atoms with Gasteiger partial charge in [-0.3, -0.25) is 9.59 Å². The normalized spacial score (nSPS) is 21.6. The first-order valence-corrected chi connectivity index (χ1v) is 6.08. The SMILES string of the molecule is CC(C)(C)OC(=O)N1C(=O)C(=O)C2C1=CC=C(F)C2=[N+]=[N-]. The van der Waals surface area contributed by atoms with Gasteiger partial charge in [-0.25, -0.2) is 9.69 Å². The molecule has 2 rings (SSSR count). The Morgan fingerprint density at radius 2 is 2.00 bits per heavy atom. The zero-order valence-electron chi connectivity index (χ0n) is 11.6. The maximum Gasteiger partial charge on any atom is 0.421 e. The highest BCUT2D eigenvalue weighted by atomic mass is 19.1. The van der Waals surface area contributed by atoms with Crippen LogP contribution in [0.1, 0.15) is 20.8 Å². The summed E-state index contributed by atoms with van der Waals surface area (Å²) in [5.41, 5.74) is 7.24. The Labute approximate surface area is 119 Å². The van der Waals surface area contributed by atoms with Crippen LogP contribution in [0.4, 0.5) is 9.18 Å². The van der Waals surface area contributed by atoms with E-state index in [1.165, 1.54) is 0 Å². The van der Waals surface area contributed by atoms with Crippen molar-refractivity contribution >= 4 is 23.5 Å². The molecule has 0 bridgehead atoms. The van der Waals surface area contributed by atoms with Gasteiger partial charge in [0.25, 0.3) is 0 Å². The topological polar surface area (TPSA) is 100 Å². The molecule has 7 nitrogen and oxygen atoms in total. The molecule has 2 aliphatic rings. The van der Waals surface area contributed by atoms with Gasteiger partial charge in [-0.1, -0.05) is 0 Å². The van der Waals surface area contributed by atoms with Crippen LogP contribution in [0.5, 0.6) is 0 Å². The van der Waals surface area contributed by atoms with Gasteiger partial charge in [0.15, 0.2) is 5.92 Å². The van der Waals surface area contributed by atoms with Crippen molar-refractivity contribution in [2.75, 3.05) is 0 Å². The molecule has 1 unspecified atom stereocenters. The van der Waals surface area contributed by atoms with Crippen LogP contribution in [-0.2, 0) is 14.3 Å². The second kappa shape index (κ2) is 4.75. The zero-order valence-corrected chi connectivity index (χ0v) is 11.6. The van der Waals surface area contributed by atoms with E-state index in [0.29, 0.717) is 4.90 Å². The Morgan fingerprint density at radius 3 is 2.52 bits per heavy atom. The number of carbonyl (C=O) groups is 3. The predicted octanol–water partition coefficient (Wildman–Crippen LogP) is 1.37. The standard InChI is InChI=1S/C13H12FN3O4/c1-13(2,3)21-12(20)17-7-5-4-6(14)9(16-15)8(7)10(18)11(17)19/h4-5,8H,1-3H3. The number of rotatable bonds is 0. The minimum absolute atomic E-state index is 0.0894. The number of fused-ring (bicyclic) bond motifs is 1. The Bertz CT molecular complexity index is 665. The average molecular weight is 293 g/mol. The highest BCUT2D eigenvalue weighted by Crippen LogP contribution is 2.33. The number of ether oxygens (including phenoxy) is 1. The lowest BCUT2D eigenvalue weighted by molar-refractivity contribution is -0.140. The number of halogens is 1. The number of hydrogen-bond donors (Lipinski definition) is 0. The summed E-state index contributed by atoms with van der Waals surface area (Å²) in [7, 11) is 0. The van der Waals surface area contributed by atoms with Crippen LogP contribution in [0, 0.1) is 5.92 Å². The molecule has 1 saturated heterocycles. The molecule has 0 N–H and O–H groups in total. The van der Waals surface area contributed by atoms with Crippen molar-refractivity contribution in [2.45, 2.75) is 26.4 Å². The average Bonchev–Trinajstić information content (AvgIpc) is 2.61. The molecule has 1 fully saturated rings. The summed E-state index contributed by atoms with van der Waals surface area (Å²) in [6, 6.07) is 0. The van der Waals surface area contributed by atoms with Crippen LogP contribution >= 0.6 is 0 Å². The summed E-state index contributed by atoms with van der Waals surface area (Å²) in [6.07, 6.45) is 0.980. The molecule has 110 valence electrons. The third-order valence-corrected chi connectivity index (χ3v) is 2.83. The monoisotopic (exact) mass is 293 g/mol. The maximum absolute atomic E-state index is 13.5. The van der Waals surface area contributed by atoms with Gasteiger partial charge in [0.1, 0.15) is 5.60 Å². The molecule has 1 aliphatic carbocycles. The summed E-state index contributed by atoms with van der Waals surface area (Å²) < 4.78 is 18.6. The lowest BCUT2D eigenvalue weighted by Gasteiger charge is -2.24. The molecule has 8 heteroatoms. The highest BCUT2D eigenvalue weighted by molar-refractivity contribution is 6.47. The van der Waals surface area contributed by atoms with E-state index in [1.54, 1.807) is 20.8 Å². The fourth-order valence-corrected chi connectivity index (χ4v) is 2.03. The first-order valence-electron chi connectivity index (χ1n) is 6.08. The Balaban J connectivity index is 2.46. The first-order chi connectivity index (χ1) is 9.67. The van der Waals surface area contributed by atoms with Crippen LogP contribution in [0.15, 0.2) is 23.7 Å². The van der Waals surface area contributed by atoms with Gasteiger partial charge in [0.2, 0.25) is 11.6 Å². The van der Waals surface area contributed by atoms with Gasteiger partial charge in [-0.05, 0) is 32.9 Å². The van der Waals surface area contributed by atoms with E-state index in [4.69, 9.17) is 10.3 Å². The third-order valence-electron chi connectivity index (χ3n) is 2.83. The number of amides is 2. The molecule has 0 aromatic carbocycles. The molecular formula is C13H12FN3O4. The number of likely N-dealkylation sites (tertiary alicyclic amines) is 1. The lowest BCUT2D eigenvalue weighted by Crippen LogP contribution is -2.38. The quantitative estimate of drug-likeness (QED) is 0.382. The zero-order chi connectivity index (χ0) is 15.9. The van der Waals surface area contributed by atoms with Crippen molar-refractivity contribution in [1.82, 2.24) is 4.90 Å². The molecule has 0 spiro atoms. The number of Topliss-reactive ketones (excluding diaryl/α,β-unsaturated/α-hetero) is 1. The van der Waals surface area contributed by atoms with Gasteiger partial charge < -0.3 is 10.3 Å². The molecule has 1 atom stereocenters. The number of imide groups is 1.